The summed E-state index contributed by atoms with van der Waals surface area (Å²) in [6.07, 6.45) is 1.72. The van der Waals surface area contributed by atoms with E-state index in [0.29, 0.717) is 23.4 Å². The molecule has 0 aliphatic carbocycles. The first-order chi connectivity index (χ1) is 8.83. The fourth-order valence-corrected chi connectivity index (χ4v) is 1.89. The van der Waals surface area contributed by atoms with Gasteiger partial charge in [0.2, 0.25) is 5.95 Å². The van der Waals surface area contributed by atoms with Gasteiger partial charge in [0.1, 0.15) is 5.69 Å². The molecule has 1 aliphatic rings. The molecule has 7 nitrogen and oxygen atoms in total. The number of nitrogens with one attached hydrogen (secondary N) is 1. The highest BCUT2D eigenvalue weighted by Crippen LogP contribution is 2.17. The summed E-state index contributed by atoms with van der Waals surface area (Å²) in [6, 6.07) is 1.78. The number of hydrogen-bond acceptors (Lipinski definition) is 7. The monoisotopic (exact) mass is 246 g/mol. The number of nitrogens with zero attached hydrogens (tertiary/aromatic N) is 5. The van der Waals surface area contributed by atoms with Gasteiger partial charge in [-0.2, -0.15) is 4.98 Å². The standard InChI is InChI=1S/C11H14N6O/c1-8-14-10(18-16-8)9-2-3-13-11(15-9)17-6-4-12-5-7-17/h2-3,12H,4-7H2,1H3. The second-order valence-electron chi connectivity index (χ2n) is 4.13. The maximum Gasteiger partial charge on any atom is 0.276 e. The SMILES string of the molecule is Cc1noc(-c2ccnc(N3CCNCC3)n2)n1. The smallest absolute Gasteiger partial charge is 0.276 e. The number of rotatable bonds is 2. The Labute approximate surface area is 104 Å². The third kappa shape index (κ3) is 2.17. The Balaban J connectivity index is 1.88. The molecular weight excluding hydrogens is 232 g/mol. The Hall–Kier alpha value is -2.02. The van der Waals surface area contributed by atoms with Gasteiger partial charge < -0.3 is 14.7 Å². The van der Waals surface area contributed by atoms with Crippen molar-refractivity contribution in [3.63, 3.8) is 0 Å². The number of aryl methyl sites for hydroxylation is 1. The van der Waals surface area contributed by atoms with Gasteiger partial charge in [0.15, 0.2) is 5.82 Å². The van der Waals surface area contributed by atoms with Crippen molar-refractivity contribution in [2.24, 2.45) is 0 Å². The minimum Gasteiger partial charge on any atom is -0.338 e. The minimum atomic E-state index is 0.436. The van der Waals surface area contributed by atoms with Crippen molar-refractivity contribution in [1.82, 2.24) is 25.4 Å². The normalized spacial score (nSPS) is 15.9. The predicted molar refractivity (Wildman–Crippen MR) is 65.1 cm³/mol. The number of hydrogen-bond donors (Lipinski definition) is 1. The zero-order valence-corrected chi connectivity index (χ0v) is 10.1. The number of anilines is 1. The molecule has 3 heterocycles. The van der Waals surface area contributed by atoms with Crippen LogP contribution in [0.1, 0.15) is 5.82 Å². The van der Waals surface area contributed by atoms with Crippen LogP contribution in [0.4, 0.5) is 5.95 Å². The van der Waals surface area contributed by atoms with E-state index in [2.05, 4.69) is 30.3 Å². The topological polar surface area (TPSA) is 80.0 Å². The molecule has 1 aliphatic heterocycles. The molecule has 7 heteroatoms. The van der Waals surface area contributed by atoms with Crippen LogP contribution in [0.3, 0.4) is 0 Å². The zero-order chi connectivity index (χ0) is 12.4. The van der Waals surface area contributed by atoms with Gasteiger partial charge in [-0.05, 0) is 13.0 Å². The van der Waals surface area contributed by atoms with E-state index in [0.717, 1.165) is 26.2 Å². The zero-order valence-electron chi connectivity index (χ0n) is 10.1. The summed E-state index contributed by atoms with van der Waals surface area (Å²) in [4.78, 5) is 15.1. The lowest BCUT2D eigenvalue weighted by Crippen LogP contribution is -2.44. The minimum absolute atomic E-state index is 0.436. The van der Waals surface area contributed by atoms with Gasteiger partial charge in [0, 0.05) is 32.4 Å². The van der Waals surface area contributed by atoms with Crippen molar-refractivity contribution in [2.75, 3.05) is 31.1 Å². The van der Waals surface area contributed by atoms with Gasteiger partial charge in [-0.15, -0.1) is 0 Å². The maximum atomic E-state index is 5.11. The van der Waals surface area contributed by atoms with Crippen molar-refractivity contribution >= 4 is 5.95 Å². The van der Waals surface area contributed by atoms with Crippen molar-refractivity contribution in [2.45, 2.75) is 6.92 Å². The molecule has 0 saturated carbocycles. The van der Waals surface area contributed by atoms with Crippen LogP contribution in [0.25, 0.3) is 11.6 Å². The van der Waals surface area contributed by atoms with Crippen LogP contribution < -0.4 is 10.2 Å². The molecule has 94 valence electrons. The molecule has 1 N–H and O–H groups in total. The summed E-state index contributed by atoms with van der Waals surface area (Å²) in [7, 11) is 0. The molecule has 0 amide bonds. The lowest BCUT2D eigenvalue weighted by Gasteiger charge is -2.27. The van der Waals surface area contributed by atoms with Crippen LogP contribution in [0.15, 0.2) is 16.8 Å². The molecule has 2 aromatic heterocycles. The Morgan fingerprint density at radius 1 is 1.28 bits per heavy atom. The van der Waals surface area contributed by atoms with Gasteiger partial charge in [0.05, 0.1) is 0 Å². The molecule has 2 aromatic rings. The van der Waals surface area contributed by atoms with E-state index >= 15 is 0 Å². The van der Waals surface area contributed by atoms with Crippen molar-refractivity contribution in [3.8, 4) is 11.6 Å². The first kappa shape index (κ1) is 11.1. The summed E-state index contributed by atoms with van der Waals surface area (Å²) in [5.41, 5.74) is 0.666. The molecule has 0 atom stereocenters. The Bertz CT molecular complexity index is 534. The molecule has 0 aromatic carbocycles. The van der Waals surface area contributed by atoms with Gasteiger partial charge in [-0.1, -0.05) is 5.16 Å². The third-order valence-electron chi connectivity index (χ3n) is 2.79. The molecule has 0 unspecified atom stereocenters. The fourth-order valence-electron chi connectivity index (χ4n) is 1.89. The summed E-state index contributed by atoms with van der Waals surface area (Å²) in [5.74, 6) is 1.75. The van der Waals surface area contributed by atoms with Crippen LogP contribution in [0.5, 0.6) is 0 Å². The Morgan fingerprint density at radius 2 is 2.11 bits per heavy atom. The first-order valence-electron chi connectivity index (χ1n) is 5.92. The molecule has 0 bridgehead atoms. The molecular formula is C11H14N6O. The Kier molecular flexibility index (Phi) is 2.89. The molecule has 1 saturated heterocycles. The van der Waals surface area contributed by atoms with E-state index in [1.165, 1.54) is 0 Å². The van der Waals surface area contributed by atoms with Crippen LogP contribution >= 0.6 is 0 Å². The molecule has 3 rings (SSSR count). The highest BCUT2D eigenvalue weighted by molar-refractivity contribution is 5.49. The first-order valence-corrected chi connectivity index (χ1v) is 5.92. The number of piperazine rings is 1. The molecule has 0 spiro atoms. The van der Waals surface area contributed by atoms with E-state index < -0.39 is 0 Å². The predicted octanol–water partition coefficient (Wildman–Crippen LogP) is 0.245. The number of aromatic nitrogens is 4. The lowest BCUT2D eigenvalue weighted by atomic mass is 10.3. The molecule has 0 radical (unpaired) electrons. The quantitative estimate of drug-likeness (QED) is 0.813. The van der Waals surface area contributed by atoms with Crippen molar-refractivity contribution in [3.05, 3.63) is 18.1 Å². The van der Waals surface area contributed by atoms with Crippen molar-refractivity contribution < 1.29 is 4.52 Å². The van der Waals surface area contributed by atoms with E-state index in [-0.39, 0.29) is 0 Å². The lowest BCUT2D eigenvalue weighted by molar-refractivity contribution is 0.424. The summed E-state index contributed by atoms with van der Waals surface area (Å²) in [6.45, 7) is 5.50. The maximum absolute atomic E-state index is 5.11. The summed E-state index contributed by atoms with van der Waals surface area (Å²) < 4.78 is 5.11. The molecule has 18 heavy (non-hydrogen) atoms. The van der Waals surface area contributed by atoms with Gasteiger partial charge in [-0.25, -0.2) is 9.97 Å². The van der Waals surface area contributed by atoms with Crippen molar-refractivity contribution in [1.29, 1.82) is 0 Å². The third-order valence-corrected chi connectivity index (χ3v) is 2.79. The van der Waals surface area contributed by atoms with E-state index in [1.54, 1.807) is 19.2 Å². The van der Waals surface area contributed by atoms with Crippen LogP contribution in [0.2, 0.25) is 0 Å². The largest absolute Gasteiger partial charge is 0.338 e. The van der Waals surface area contributed by atoms with Gasteiger partial charge in [-0.3, -0.25) is 0 Å². The average Bonchev–Trinajstić information content (AvgIpc) is 2.87. The van der Waals surface area contributed by atoms with Crippen LogP contribution in [0, 0.1) is 6.92 Å². The Morgan fingerprint density at radius 3 is 2.83 bits per heavy atom. The van der Waals surface area contributed by atoms with Gasteiger partial charge >= 0.3 is 0 Å². The average molecular weight is 246 g/mol. The summed E-state index contributed by atoms with van der Waals surface area (Å²) >= 11 is 0. The molecule has 1 fully saturated rings. The van der Waals surface area contributed by atoms with Crippen LogP contribution in [-0.4, -0.2) is 46.3 Å². The van der Waals surface area contributed by atoms with Crippen LogP contribution in [-0.2, 0) is 0 Å². The van der Waals surface area contributed by atoms with E-state index in [1.807, 2.05) is 0 Å². The highest BCUT2D eigenvalue weighted by Gasteiger charge is 2.15. The van der Waals surface area contributed by atoms with E-state index in [9.17, 15) is 0 Å². The fraction of sp³-hybridized carbons (Fsp3) is 0.455. The second kappa shape index (κ2) is 4.69. The second-order valence-corrected chi connectivity index (χ2v) is 4.13. The summed E-state index contributed by atoms with van der Waals surface area (Å²) in [5, 5.41) is 7.06. The van der Waals surface area contributed by atoms with E-state index in [4.69, 9.17) is 4.52 Å². The highest BCUT2D eigenvalue weighted by atomic mass is 16.5. The van der Waals surface area contributed by atoms with Gasteiger partial charge in [0.25, 0.3) is 5.89 Å².